The summed E-state index contributed by atoms with van der Waals surface area (Å²) < 4.78 is 10.3. The number of aromatic amines is 1. The van der Waals surface area contributed by atoms with Crippen LogP contribution in [-0.4, -0.2) is 34.9 Å². The molecule has 7 heteroatoms. The third-order valence-electron chi connectivity index (χ3n) is 3.72. The number of carbonyl (C=O) groups is 2. The minimum Gasteiger partial charge on any atom is -0.461 e. The zero-order chi connectivity index (χ0) is 17.3. The molecular weight excluding hydrogens is 332 g/mol. The Bertz CT molecular complexity index is 949. The van der Waals surface area contributed by atoms with E-state index in [4.69, 9.17) is 21.1 Å². The van der Waals surface area contributed by atoms with Crippen LogP contribution in [0.4, 0.5) is 0 Å². The van der Waals surface area contributed by atoms with Crippen LogP contribution in [0, 0.1) is 0 Å². The van der Waals surface area contributed by atoms with Gasteiger partial charge in [0.05, 0.1) is 24.9 Å². The number of carbonyl (C=O) groups excluding carboxylic acids is 2. The summed E-state index contributed by atoms with van der Waals surface area (Å²) >= 11 is 5.59. The van der Waals surface area contributed by atoms with E-state index in [0.717, 1.165) is 21.8 Å². The fourth-order valence-electron chi connectivity index (χ4n) is 2.74. The maximum Gasteiger partial charge on any atom is 0.357 e. The first-order valence-corrected chi connectivity index (χ1v) is 7.73. The molecule has 0 amide bonds. The van der Waals surface area contributed by atoms with Crippen molar-refractivity contribution in [1.29, 1.82) is 0 Å². The van der Waals surface area contributed by atoms with E-state index in [9.17, 15) is 9.59 Å². The molecule has 0 saturated heterocycles. The Labute approximate surface area is 142 Å². The highest BCUT2D eigenvalue weighted by molar-refractivity contribution is 6.67. The van der Waals surface area contributed by atoms with Gasteiger partial charge in [-0.15, -0.1) is 0 Å². The van der Waals surface area contributed by atoms with Gasteiger partial charge in [-0.1, -0.05) is 0 Å². The molecule has 0 aliphatic heterocycles. The van der Waals surface area contributed by atoms with E-state index < -0.39 is 11.2 Å². The Kier molecular flexibility index (Phi) is 4.51. The third-order valence-corrected chi connectivity index (χ3v) is 3.94. The van der Waals surface area contributed by atoms with E-state index in [2.05, 4.69) is 9.97 Å². The topological polar surface area (TPSA) is 81.3 Å². The summed E-state index contributed by atoms with van der Waals surface area (Å²) in [5.41, 5.74) is 2.74. The van der Waals surface area contributed by atoms with E-state index in [-0.39, 0.29) is 18.9 Å². The molecule has 0 unspecified atom stereocenters. The van der Waals surface area contributed by atoms with Crippen LogP contribution in [0.25, 0.3) is 21.8 Å². The first kappa shape index (κ1) is 16.4. The Balaban J connectivity index is 2.34. The zero-order valence-electron chi connectivity index (χ0n) is 13.2. The van der Waals surface area contributed by atoms with Gasteiger partial charge in [-0.05, 0) is 36.7 Å². The molecule has 3 aromatic rings. The fraction of sp³-hybridized carbons (Fsp3) is 0.235. The summed E-state index contributed by atoms with van der Waals surface area (Å²) in [6.07, 6.45) is 1.57. The molecule has 0 aliphatic rings. The highest BCUT2D eigenvalue weighted by atomic mass is 35.5. The molecule has 1 N–H and O–H groups in total. The predicted molar refractivity (Wildman–Crippen MR) is 90.5 cm³/mol. The van der Waals surface area contributed by atoms with Crippen molar-refractivity contribution in [3.05, 3.63) is 41.2 Å². The van der Waals surface area contributed by atoms with E-state index in [0.29, 0.717) is 11.1 Å². The Morgan fingerprint density at radius 2 is 2.08 bits per heavy atom. The molecule has 6 nitrogen and oxygen atoms in total. The molecule has 3 rings (SSSR count). The normalized spacial score (nSPS) is 11.1. The van der Waals surface area contributed by atoms with Crippen LogP contribution in [0.15, 0.2) is 24.4 Å². The molecule has 24 heavy (non-hydrogen) atoms. The predicted octanol–water partition coefficient (Wildman–Crippen LogP) is 3.42. The summed E-state index contributed by atoms with van der Waals surface area (Å²) in [7, 11) is 1.54. The molecule has 1 aromatic carbocycles. The van der Waals surface area contributed by atoms with Gasteiger partial charge < -0.3 is 14.5 Å². The number of aromatic nitrogens is 2. The maximum atomic E-state index is 12.2. The van der Waals surface area contributed by atoms with Crippen LogP contribution in [0.1, 0.15) is 33.3 Å². The van der Waals surface area contributed by atoms with Crippen molar-refractivity contribution in [2.24, 2.45) is 0 Å². The first-order chi connectivity index (χ1) is 11.6. The van der Waals surface area contributed by atoms with Crippen molar-refractivity contribution in [3.8, 4) is 0 Å². The number of ether oxygens (including phenoxy) is 2. The number of esters is 1. The lowest BCUT2D eigenvalue weighted by molar-refractivity contribution is 0.0514. The number of hydrogen-bond donors (Lipinski definition) is 1. The number of rotatable bonds is 5. The maximum absolute atomic E-state index is 12.2. The summed E-state index contributed by atoms with van der Waals surface area (Å²) in [5, 5.41) is 1.00. The van der Waals surface area contributed by atoms with Gasteiger partial charge in [-0.2, -0.15) is 0 Å². The van der Waals surface area contributed by atoms with Crippen molar-refractivity contribution < 1.29 is 19.1 Å². The molecule has 0 aliphatic carbocycles. The molecule has 124 valence electrons. The first-order valence-electron chi connectivity index (χ1n) is 7.36. The van der Waals surface area contributed by atoms with Crippen LogP contribution in [-0.2, 0) is 16.1 Å². The smallest absolute Gasteiger partial charge is 0.357 e. The van der Waals surface area contributed by atoms with Crippen LogP contribution >= 0.6 is 11.6 Å². The van der Waals surface area contributed by atoms with Gasteiger partial charge in [0.15, 0.2) is 5.69 Å². The minimum atomic E-state index is -0.542. The SMILES string of the molecule is CCOC(=O)c1ncc2[nH]c3ccc(C(=O)Cl)cc3c2c1COC. The number of nitrogens with zero attached hydrogens (tertiary/aromatic N) is 1. The zero-order valence-corrected chi connectivity index (χ0v) is 13.9. The van der Waals surface area contributed by atoms with Gasteiger partial charge in [0.2, 0.25) is 0 Å². The van der Waals surface area contributed by atoms with Crippen molar-refractivity contribution in [3.63, 3.8) is 0 Å². The van der Waals surface area contributed by atoms with Crippen molar-refractivity contribution in [2.75, 3.05) is 13.7 Å². The van der Waals surface area contributed by atoms with Gasteiger partial charge >= 0.3 is 5.97 Å². The van der Waals surface area contributed by atoms with E-state index in [1.165, 1.54) is 7.11 Å². The Morgan fingerprint density at radius 3 is 2.75 bits per heavy atom. The number of H-pyrrole nitrogens is 1. The number of methoxy groups -OCH3 is 1. The van der Waals surface area contributed by atoms with Gasteiger partial charge in [0.1, 0.15) is 0 Å². The van der Waals surface area contributed by atoms with Gasteiger partial charge in [-0.25, -0.2) is 9.78 Å². The number of benzene rings is 1. The summed E-state index contributed by atoms with van der Waals surface area (Å²) in [5.74, 6) is -0.509. The lowest BCUT2D eigenvalue weighted by atomic mass is 10.0. The van der Waals surface area contributed by atoms with Crippen LogP contribution in [0.2, 0.25) is 0 Å². The average molecular weight is 347 g/mol. The number of fused-ring (bicyclic) bond motifs is 3. The number of halogens is 1. The van der Waals surface area contributed by atoms with Crippen LogP contribution < -0.4 is 0 Å². The molecule has 2 aromatic heterocycles. The number of pyridine rings is 1. The van der Waals surface area contributed by atoms with Gasteiger partial charge in [0, 0.05) is 34.5 Å². The molecule has 0 spiro atoms. The standard InChI is InChI=1S/C17H15ClN2O4/c1-3-24-17(22)15-11(8-23-2)14-10-6-9(16(18)21)4-5-12(10)20-13(14)7-19-15/h4-7,20H,3,8H2,1-2H3. The highest BCUT2D eigenvalue weighted by Gasteiger charge is 2.20. The monoisotopic (exact) mass is 346 g/mol. The highest BCUT2D eigenvalue weighted by Crippen LogP contribution is 2.31. The van der Waals surface area contributed by atoms with E-state index >= 15 is 0 Å². The molecular formula is C17H15ClN2O4. The van der Waals surface area contributed by atoms with E-state index in [1.54, 1.807) is 31.3 Å². The fourth-order valence-corrected chi connectivity index (χ4v) is 2.86. The van der Waals surface area contributed by atoms with Crippen molar-refractivity contribution >= 4 is 44.6 Å². The lowest BCUT2D eigenvalue weighted by Crippen LogP contribution is -2.11. The van der Waals surface area contributed by atoms with Crippen LogP contribution in [0.3, 0.4) is 0 Å². The second-order valence-electron chi connectivity index (χ2n) is 5.19. The second-order valence-corrected chi connectivity index (χ2v) is 5.53. The van der Waals surface area contributed by atoms with Crippen molar-refractivity contribution in [2.45, 2.75) is 13.5 Å². The van der Waals surface area contributed by atoms with Crippen molar-refractivity contribution in [1.82, 2.24) is 9.97 Å². The number of nitrogens with one attached hydrogen (secondary N) is 1. The summed E-state index contributed by atoms with van der Waals surface area (Å²) in [4.78, 5) is 31.1. The lowest BCUT2D eigenvalue weighted by Gasteiger charge is -2.09. The molecule has 0 bridgehead atoms. The Hall–Kier alpha value is -2.44. The summed E-state index contributed by atoms with van der Waals surface area (Å²) in [6.45, 7) is 2.17. The quantitative estimate of drug-likeness (QED) is 0.565. The molecule has 0 saturated carbocycles. The second kappa shape index (κ2) is 6.59. The molecule has 2 heterocycles. The summed E-state index contributed by atoms with van der Waals surface area (Å²) in [6, 6.07) is 5.10. The van der Waals surface area contributed by atoms with Crippen LogP contribution in [0.5, 0.6) is 0 Å². The molecule has 0 fully saturated rings. The average Bonchev–Trinajstić information content (AvgIpc) is 2.93. The number of hydrogen-bond acceptors (Lipinski definition) is 5. The molecule has 0 atom stereocenters. The Morgan fingerprint density at radius 1 is 1.29 bits per heavy atom. The van der Waals surface area contributed by atoms with Gasteiger partial charge in [-0.3, -0.25) is 4.79 Å². The van der Waals surface area contributed by atoms with E-state index in [1.807, 2.05) is 0 Å². The molecule has 0 radical (unpaired) electrons. The largest absolute Gasteiger partial charge is 0.461 e. The third kappa shape index (κ3) is 2.74. The minimum absolute atomic E-state index is 0.185. The van der Waals surface area contributed by atoms with Gasteiger partial charge in [0.25, 0.3) is 5.24 Å².